The van der Waals surface area contributed by atoms with Crippen molar-refractivity contribution in [3.8, 4) is 0 Å². The molecule has 2 rings (SSSR count). The summed E-state index contributed by atoms with van der Waals surface area (Å²) in [6.07, 6.45) is 27.9. The topological polar surface area (TPSA) is 26.0 Å². The van der Waals surface area contributed by atoms with E-state index in [0.29, 0.717) is 0 Å². The Morgan fingerprint density at radius 3 is 1.42 bits per heavy atom. The highest BCUT2D eigenvalue weighted by molar-refractivity contribution is 4.73. The van der Waals surface area contributed by atoms with Gasteiger partial charge in [-0.3, -0.25) is 0 Å². The zero-order chi connectivity index (χ0) is 17.3. The molecule has 2 fully saturated rings. The van der Waals surface area contributed by atoms with E-state index in [0.717, 1.165) is 18.4 Å². The van der Waals surface area contributed by atoms with E-state index >= 15 is 0 Å². The third-order valence-corrected chi connectivity index (χ3v) is 6.17. The van der Waals surface area contributed by atoms with Crippen LogP contribution in [-0.4, -0.2) is 6.54 Å². The van der Waals surface area contributed by atoms with Crippen molar-refractivity contribution in [2.75, 3.05) is 6.54 Å². The number of unbranched alkanes of at least 4 members (excludes halogenated alkanes) is 7. The van der Waals surface area contributed by atoms with Crippen LogP contribution in [0.1, 0.15) is 129 Å². The molecule has 0 bridgehead atoms. The summed E-state index contributed by atoms with van der Waals surface area (Å²) in [7, 11) is 0. The summed E-state index contributed by atoms with van der Waals surface area (Å²) in [6.45, 7) is 3.13. The van der Waals surface area contributed by atoms with Crippen molar-refractivity contribution in [3.63, 3.8) is 0 Å². The molecule has 0 aromatic rings. The molecule has 24 heavy (non-hydrogen) atoms. The fraction of sp³-hybridized carbons (Fsp3) is 1.00. The Hall–Kier alpha value is -0.0400. The lowest BCUT2D eigenvalue weighted by atomic mass is 9.78. The van der Waals surface area contributed by atoms with E-state index in [2.05, 4.69) is 6.92 Å². The average Bonchev–Trinajstić information content (AvgIpc) is 2.63. The monoisotopic (exact) mass is 337 g/mol. The van der Waals surface area contributed by atoms with E-state index in [9.17, 15) is 0 Å². The average molecular weight is 338 g/mol. The normalized spacial score (nSPS) is 19.8. The van der Waals surface area contributed by atoms with Gasteiger partial charge in [-0.1, -0.05) is 116 Å². The van der Waals surface area contributed by atoms with Gasteiger partial charge in [0.1, 0.15) is 0 Å². The minimum Gasteiger partial charge on any atom is -0.330 e. The number of hydrogen-bond acceptors (Lipinski definition) is 1. The van der Waals surface area contributed by atoms with E-state index in [1.165, 1.54) is 89.9 Å². The highest BCUT2D eigenvalue weighted by Crippen LogP contribution is 2.34. The Kier molecular flexibility index (Phi) is 15.1. The summed E-state index contributed by atoms with van der Waals surface area (Å²) < 4.78 is 0. The fourth-order valence-electron chi connectivity index (χ4n) is 4.60. The number of nitrogens with two attached hydrogens (primary N) is 1. The first-order valence-electron chi connectivity index (χ1n) is 11.6. The Morgan fingerprint density at radius 1 is 0.583 bits per heavy atom. The van der Waals surface area contributed by atoms with Gasteiger partial charge < -0.3 is 5.73 Å². The van der Waals surface area contributed by atoms with Gasteiger partial charge >= 0.3 is 0 Å². The van der Waals surface area contributed by atoms with Crippen LogP contribution in [0.25, 0.3) is 0 Å². The quantitative estimate of drug-likeness (QED) is 0.407. The lowest BCUT2D eigenvalue weighted by molar-refractivity contribution is 0.244. The zero-order valence-electron chi connectivity index (χ0n) is 16.9. The molecule has 0 saturated heterocycles. The minimum atomic E-state index is 0.870. The van der Waals surface area contributed by atoms with Crippen LogP contribution in [0.15, 0.2) is 0 Å². The van der Waals surface area contributed by atoms with Gasteiger partial charge in [0.15, 0.2) is 0 Å². The SMILES string of the molecule is C1CCC(CC2CCCCC2)CC1.CCCCCCCCCCN. The molecule has 0 spiro atoms. The molecule has 144 valence electrons. The van der Waals surface area contributed by atoms with Crippen molar-refractivity contribution in [1.82, 2.24) is 0 Å². The van der Waals surface area contributed by atoms with E-state index in [1.54, 1.807) is 32.1 Å². The van der Waals surface area contributed by atoms with Gasteiger partial charge in [-0.05, 0) is 31.2 Å². The maximum atomic E-state index is 5.39. The molecule has 0 aliphatic heterocycles. The molecular formula is C23H47N. The largest absolute Gasteiger partial charge is 0.330 e. The molecule has 0 atom stereocenters. The number of hydrogen-bond donors (Lipinski definition) is 1. The summed E-state index contributed by atoms with van der Waals surface area (Å²) >= 11 is 0. The van der Waals surface area contributed by atoms with Crippen LogP contribution in [0.5, 0.6) is 0 Å². The van der Waals surface area contributed by atoms with Crippen molar-refractivity contribution < 1.29 is 0 Å². The Bertz CT molecular complexity index is 214. The summed E-state index contributed by atoms with van der Waals surface area (Å²) in [5.74, 6) is 2.24. The lowest BCUT2D eigenvalue weighted by Gasteiger charge is -2.28. The van der Waals surface area contributed by atoms with Crippen LogP contribution in [0.4, 0.5) is 0 Å². The molecule has 0 radical (unpaired) electrons. The second kappa shape index (κ2) is 16.4. The van der Waals surface area contributed by atoms with E-state index in [-0.39, 0.29) is 0 Å². The van der Waals surface area contributed by atoms with Crippen molar-refractivity contribution in [1.29, 1.82) is 0 Å². The molecule has 1 heteroatoms. The van der Waals surface area contributed by atoms with Crippen molar-refractivity contribution in [2.24, 2.45) is 17.6 Å². The molecule has 0 aromatic carbocycles. The Morgan fingerprint density at radius 2 is 1.00 bits per heavy atom. The third-order valence-electron chi connectivity index (χ3n) is 6.17. The highest BCUT2D eigenvalue weighted by Gasteiger charge is 2.20. The first-order chi connectivity index (χ1) is 11.9. The molecule has 2 N–H and O–H groups in total. The van der Waals surface area contributed by atoms with Gasteiger partial charge in [0.05, 0.1) is 0 Å². The second-order valence-electron chi connectivity index (χ2n) is 8.51. The molecule has 2 aliphatic rings. The van der Waals surface area contributed by atoms with Crippen LogP contribution in [-0.2, 0) is 0 Å². The molecule has 2 aliphatic carbocycles. The first-order valence-corrected chi connectivity index (χ1v) is 11.6. The van der Waals surface area contributed by atoms with Crippen LogP contribution in [0.2, 0.25) is 0 Å². The second-order valence-corrected chi connectivity index (χ2v) is 8.51. The summed E-state index contributed by atoms with van der Waals surface area (Å²) in [4.78, 5) is 0. The third kappa shape index (κ3) is 12.3. The van der Waals surface area contributed by atoms with Gasteiger partial charge in [0.2, 0.25) is 0 Å². The van der Waals surface area contributed by atoms with E-state index in [4.69, 9.17) is 5.73 Å². The van der Waals surface area contributed by atoms with Gasteiger partial charge in [-0.15, -0.1) is 0 Å². The van der Waals surface area contributed by atoms with Crippen molar-refractivity contribution >= 4 is 0 Å². The first kappa shape index (κ1) is 22.0. The van der Waals surface area contributed by atoms with Gasteiger partial charge in [-0.2, -0.15) is 0 Å². The summed E-state index contributed by atoms with van der Waals surface area (Å²) in [5.41, 5.74) is 5.39. The molecule has 2 saturated carbocycles. The van der Waals surface area contributed by atoms with Crippen molar-refractivity contribution in [3.05, 3.63) is 0 Å². The summed E-state index contributed by atoms with van der Waals surface area (Å²) in [5, 5.41) is 0. The lowest BCUT2D eigenvalue weighted by Crippen LogP contribution is -2.14. The Balaban J connectivity index is 0.000000245. The minimum absolute atomic E-state index is 0.870. The van der Waals surface area contributed by atoms with Crippen LogP contribution in [0, 0.1) is 11.8 Å². The fourth-order valence-corrected chi connectivity index (χ4v) is 4.60. The van der Waals surface area contributed by atoms with Gasteiger partial charge in [0.25, 0.3) is 0 Å². The van der Waals surface area contributed by atoms with Crippen LogP contribution < -0.4 is 5.73 Å². The van der Waals surface area contributed by atoms with Gasteiger partial charge in [0, 0.05) is 0 Å². The molecule has 0 aromatic heterocycles. The molecular weight excluding hydrogens is 290 g/mol. The van der Waals surface area contributed by atoms with Crippen LogP contribution >= 0.6 is 0 Å². The van der Waals surface area contributed by atoms with E-state index in [1.807, 2.05) is 0 Å². The van der Waals surface area contributed by atoms with Crippen molar-refractivity contribution in [2.45, 2.75) is 129 Å². The maximum absolute atomic E-state index is 5.39. The van der Waals surface area contributed by atoms with Gasteiger partial charge in [-0.25, -0.2) is 0 Å². The molecule has 1 nitrogen and oxygen atoms in total. The van der Waals surface area contributed by atoms with Crippen LogP contribution in [0.3, 0.4) is 0 Å². The Labute approximate surface area is 153 Å². The standard InChI is InChI=1S/C13H24.C10H23N/c1-3-7-12(8-4-1)11-13-9-5-2-6-10-13;1-2-3-4-5-6-7-8-9-10-11/h12-13H,1-11H2;2-11H2,1H3. The predicted molar refractivity (Wildman–Crippen MR) is 109 cm³/mol. The molecule has 0 amide bonds. The summed E-state index contributed by atoms with van der Waals surface area (Å²) in [6, 6.07) is 0. The maximum Gasteiger partial charge on any atom is -0.00773 e. The molecule has 0 heterocycles. The highest BCUT2D eigenvalue weighted by atomic mass is 14.5. The molecule has 0 unspecified atom stereocenters. The predicted octanol–water partition coefficient (Wildman–Crippen LogP) is 7.62. The van der Waals surface area contributed by atoms with E-state index < -0.39 is 0 Å². The zero-order valence-corrected chi connectivity index (χ0v) is 16.9. The smallest absolute Gasteiger partial charge is 0.00773 e. The number of rotatable bonds is 10.